The van der Waals surface area contributed by atoms with Crippen LogP contribution in [0.15, 0.2) is 0 Å². The van der Waals surface area contributed by atoms with Crippen LogP contribution in [0.4, 0.5) is 0 Å². The Morgan fingerprint density at radius 2 is 1.80 bits per heavy atom. The van der Waals surface area contributed by atoms with Gasteiger partial charge in [-0.2, -0.15) is 0 Å². The lowest BCUT2D eigenvalue weighted by molar-refractivity contribution is -0.140. The normalized spacial score (nSPS) is 17.1. The number of aliphatic hydroxyl groups excluding tert-OH is 4. The molecule has 0 spiro atoms. The summed E-state index contributed by atoms with van der Waals surface area (Å²) in [5, 5.41) is 36.1. The summed E-state index contributed by atoms with van der Waals surface area (Å²) in [6, 6.07) is 0. The molecular formula is C10H20O5. The van der Waals surface area contributed by atoms with Gasteiger partial charge in [-0.3, -0.25) is 4.79 Å². The van der Waals surface area contributed by atoms with Gasteiger partial charge in [-0.25, -0.2) is 0 Å². The maximum absolute atomic E-state index is 11.3. The first kappa shape index (κ1) is 14.5. The molecule has 0 aliphatic heterocycles. The van der Waals surface area contributed by atoms with Crippen molar-refractivity contribution in [3.05, 3.63) is 0 Å². The first-order chi connectivity index (χ1) is 7.04. The third kappa shape index (κ3) is 5.22. The highest BCUT2D eigenvalue weighted by atomic mass is 16.4. The van der Waals surface area contributed by atoms with Crippen LogP contribution >= 0.6 is 0 Å². The van der Waals surface area contributed by atoms with Gasteiger partial charge in [-0.1, -0.05) is 19.8 Å². The maximum atomic E-state index is 11.3. The molecule has 90 valence electrons. The molecule has 0 aromatic heterocycles. The van der Waals surface area contributed by atoms with Crippen LogP contribution in [0.1, 0.15) is 32.6 Å². The van der Waals surface area contributed by atoms with Crippen molar-refractivity contribution in [1.29, 1.82) is 0 Å². The molecule has 0 unspecified atom stereocenters. The molecule has 0 aromatic rings. The lowest BCUT2D eigenvalue weighted by Crippen LogP contribution is -2.43. The van der Waals surface area contributed by atoms with E-state index in [0.717, 1.165) is 12.8 Å². The highest BCUT2D eigenvalue weighted by molar-refractivity contribution is 5.83. The molecule has 0 heterocycles. The first-order valence-corrected chi connectivity index (χ1v) is 5.22. The summed E-state index contributed by atoms with van der Waals surface area (Å²) in [7, 11) is 0. The van der Waals surface area contributed by atoms with Crippen molar-refractivity contribution in [2.45, 2.75) is 50.9 Å². The number of ketones is 1. The highest BCUT2D eigenvalue weighted by Gasteiger charge is 2.28. The molecule has 0 rings (SSSR count). The average Bonchev–Trinajstić information content (AvgIpc) is 2.26. The van der Waals surface area contributed by atoms with E-state index in [9.17, 15) is 15.0 Å². The van der Waals surface area contributed by atoms with Crippen LogP contribution in [0.5, 0.6) is 0 Å². The van der Waals surface area contributed by atoms with Gasteiger partial charge >= 0.3 is 0 Å². The summed E-state index contributed by atoms with van der Waals surface area (Å²) in [5.41, 5.74) is 0. The van der Waals surface area contributed by atoms with Gasteiger partial charge in [0.1, 0.15) is 18.3 Å². The van der Waals surface area contributed by atoms with Crippen LogP contribution in [-0.2, 0) is 4.79 Å². The lowest BCUT2D eigenvalue weighted by atomic mass is 10.0. The van der Waals surface area contributed by atoms with E-state index in [4.69, 9.17) is 10.2 Å². The molecule has 15 heavy (non-hydrogen) atoms. The Labute approximate surface area is 89.4 Å². The zero-order valence-electron chi connectivity index (χ0n) is 8.96. The van der Waals surface area contributed by atoms with Gasteiger partial charge < -0.3 is 20.4 Å². The van der Waals surface area contributed by atoms with Crippen molar-refractivity contribution in [3.8, 4) is 0 Å². The van der Waals surface area contributed by atoms with E-state index in [1.54, 1.807) is 0 Å². The van der Waals surface area contributed by atoms with Crippen LogP contribution in [0.25, 0.3) is 0 Å². The van der Waals surface area contributed by atoms with Crippen LogP contribution in [0.3, 0.4) is 0 Å². The Kier molecular flexibility index (Phi) is 7.50. The number of hydrogen-bond acceptors (Lipinski definition) is 5. The second kappa shape index (κ2) is 7.76. The van der Waals surface area contributed by atoms with Gasteiger partial charge in [-0.15, -0.1) is 0 Å². The number of unbranched alkanes of at least 4 members (excludes halogenated alkanes) is 2. The molecule has 5 nitrogen and oxygen atoms in total. The molecule has 0 saturated carbocycles. The molecule has 0 saturated heterocycles. The minimum Gasteiger partial charge on any atom is -0.394 e. The Bertz CT molecular complexity index is 183. The van der Waals surface area contributed by atoms with Crippen LogP contribution in [0, 0.1) is 0 Å². The van der Waals surface area contributed by atoms with Gasteiger partial charge in [0.2, 0.25) is 0 Å². The fraction of sp³-hybridized carbons (Fsp3) is 0.900. The Morgan fingerprint density at radius 1 is 1.20 bits per heavy atom. The fourth-order valence-corrected chi connectivity index (χ4v) is 1.21. The van der Waals surface area contributed by atoms with E-state index in [1.807, 2.05) is 6.92 Å². The molecule has 0 aromatic carbocycles. The quantitative estimate of drug-likeness (QED) is 0.402. The predicted molar refractivity (Wildman–Crippen MR) is 54.3 cm³/mol. The maximum Gasteiger partial charge on any atom is 0.164 e. The largest absolute Gasteiger partial charge is 0.394 e. The van der Waals surface area contributed by atoms with Gasteiger partial charge in [0, 0.05) is 6.42 Å². The lowest BCUT2D eigenvalue weighted by Gasteiger charge is -2.20. The third-order valence-corrected chi connectivity index (χ3v) is 2.26. The molecule has 0 aliphatic rings. The number of hydrogen-bond donors (Lipinski definition) is 4. The Morgan fingerprint density at radius 3 is 2.27 bits per heavy atom. The van der Waals surface area contributed by atoms with Crippen molar-refractivity contribution >= 4 is 5.78 Å². The summed E-state index contributed by atoms with van der Waals surface area (Å²) >= 11 is 0. The van der Waals surface area contributed by atoms with Crippen molar-refractivity contribution in [3.63, 3.8) is 0 Å². The van der Waals surface area contributed by atoms with Gasteiger partial charge in [0.05, 0.1) is 6.61 Å². The van der Waals surface area contributed by atoms with Gasteiger partial charge in [0.25, 0.3) is 0 Å². The van der Waals surface area contributed by atoms with Crippen LogP contribution < -0.4 is 0 Å². The Hall–Kier alpha value is -0.490. The number of rotatable bonds is 8. The third-order valence-electron chi connectivity index (χ3n) is 2.26. The number of carbonyl (C=O) groups excluding carboxylic acids is 1. The molecular weight excluding hydrogens is 200 g/mol. The standard InChI is InChI=1S/C10H20O5/c1-2-3-4-5-7(12)9(14)10(15)8(13)6-11/h8-11,13-15H,2-6H2,1H3/t8-,9+,10+/m1/s1. The molecule has 0 amide bonds. The van der Waals surface area contributed by atoms with Crippen molar-refractivity contribution in [1.82, 2.24) is 0 Å². The molecule has 3 atom stereocenters. The zero-order chi connectivity index (χ0) is 11.8. The number of aliphatic hydroxyl groups is 4. The molecule has 0 radical (unpaired) electrons. The molecule has 0 aliphatic carbocycles. The zero-order valence-corrected chi connectivity index (χ0v) is 8.96. The Balaban J connectivity index is 3.96. The van der Waals surface area contributed by atoms with Crippen molar-refractivity contribution < 1.29 is 25.2 Å². The molecule has 5 heteroatoms. The first-order valence-electron chi connectivity index (χ1n) is 5.22. The van der Waals surface area contributed by atoms with Crippen molar-refractivity contribution in [2.24, 2.45) is 0 Å². The second-order valence-electron chi connectivity index (χ2n) is 3.61. The minimum atomic E-state index is -1.61. The monoisotopic (exact) mass is 220 g/mol. The summed E-state index contributed by atoms with van der Waals surface area (Å²) < 4.78 is 0. The topological polar surface area (TPSA) is 98.0 Å². The minimum absolute atomic E-state index is 0.185. The summed E-state index contributed by atoms with van der Waals surface area (Å²) in [4.78, 5) is 11.3. The van der Waals surface area contributed by atoms with E-state index in [2.05, 4.69) is 0 Å². The highest BCUT2D eigenvalue weighted by Crippen LogP contribution is 2.07. The number of carbonyl (C=O) groups is 1. The van der Waals surface area contributed by atoms with E-state index in [-0.39, 0.29) is 6.42 Å². The van der Waals surface area contributed by atoms with E-state index >= 15 is 0 Å². The van der Waals surface area contributed by atoms with Crippen molar-refractivity contribution in [2.75, 3.05) is 6.61 Å². The van der Waals surface area contributed by atoms with E-state index in [1.165, 1.54) is 0 Å². The van der Waals surface area contributed by atoms with Crippen LogP contribution in [-0.4, -0.2) is 51.1 Å². The predicted octanol–water partition coefficient (Wildman–Crippen LogP) is -0.789. The molecule has 0 fully saturated rings. The van der Waals surface area contributed by atoms with Crippen LogP contribution in [0.2, 0.25) is 0 Å². The smallest absolute Gasteiger partial charge is 0.164 e. The summed E-state index contributed by atoms with van der Waals surface area (Å²) in [6.45, 7) is 1.31. The second-order valence-corrected chi connectivity index (χ2v) is 3.61. The number of Topliss-reactive ketones (excluding diaryl/α,β-unsaturated/α-hetero) is 1. The SMILES string of the molecule is CCCCCC(=O)[C@H](O)[C@@H](O)[C@H](O)CO. The molecule has 0 bridgehead atoms. The molecule has 4 N–H and O–H groups in total. The average molecular weight is 220 g/mol. The fourth-order valence-electron chi connectivity index (χ4n) is 1.21. The summed E-state index contributed by atoms with van der Waals surface area (Å²) in [6.07, 6.45) is -2.00. The van der Waals surface area contributed by atoms with Gasteiger partial charge in [-0.05, 0) is 6.42 Å². The van der Waals surface area contributed by atoms with Gasteiger partial charge in [0.15, 0.2) is 5.78 Å². The van der Waals surface area contributed by atoms with E-state index in [0.29, 0.717) is 6.42 Å². The van der Waals surface area contributed by atoms with E-state index < -0.39 is 30.7 Å². The summed E-state index contributed by atoms with van der Waals surface area (Å²) in [5.74, 6) is -0.497.